The van der Waals surface area contributed by atoms with Crippen LogP contribution in [0.2, 0.25) is 0 Å². The minimum atomic E-state index is -3.56. The van der Waals surface area contributed by atoms with Crippen molar-refractivity contribution in [3.63, 3.8) is 0 Å². The highest BCUT2D eigenvalue weighted by Crippen LogP contribution is 2.19. The molecule has 2 aromatic carbocycles. The SMILES string of the molecule is CCOc1cccc(S(=O)(=O)NCc2ccc3c(c2)CNC3)c1.Cl. The summed E-state index contributed by atoms with van der Waals surface area (Å²) < 4.78 is 32.8. The van der Waals surface area contributed by atoms with Crippen molar-refractivity contribution in [2.24, 2.45) is 0 Å². The van der Waals surface area contributed by atoms with Crippen LogP contribution in [0.25, 0.3) is 0 Å². The molecule has 0 aliphatic carbocycles. The van der Waals surface area contributed by atoms with Gasteiger partial charge in [0, 0.05) is 25.7 Å². The summed E-state index contributed by atoms with van der Waals surface area (Å²) in [6, 6.07) is 12.6. The van der Waals surface area contributed by atoms with Gasteiger partial charge in [0.15, 0.2) is 0 Å². The lowest BCUT2D eigenvalue weighted by molar-refractivity contribution is 0.339. The average molecular weight is 369 g/mol. The van der Waals surface area contributed by atoms with Gasteiger partial charge in [0.05, 0.1) is 11.5 Å². The van der Waals surface area contributed by atoms with Gasteiger partial charge >= 0.3 is 0 Å². The van der Waals surface area contributed by atoms with Gasteiger partial charge in [-0.15, -0.1) is 12.4 Å². The van der Waals surface area contributed by atoms with Crippen LogP contribution in [0.5, 0.6) is 5.75 Å². The van der Waals surface area contributed by atoms with Gasteiger partial charge < -0.3 is 10.1 Å². The third-order valence-corrected chi connectivity index (χ3v) is 5.19. The second-order valence-electron chi connectivity index (χ2n) is 5.44. The lowest BCUT2D eigenvalue weighted by Gasteiger charge is -2.10. The molecule has 2 N–H and O–H groups in total. The van der Waals surface area contributed by atoms with Crippen LogP contribution in [-0.4, -0.2) is 15.0 Å². The number of hydrogen-bond acceptors (Lipinski definition) is 4. The maximum Gasteiger partial charge on any atom is 0.241 e. The quantitative estimate of drug-likeness (QED) is 0.822. The highest BCUT2D eigenvalue weighted by atomic mass is 35.5. The Morgan fingerprint density at radius 2 is 1.92 bits per heavy atom. The van der Waals surface area contributed by atoms with Crippen molar-refractivity contribution in [1.29, 1.82) is 0 Å². The van der Waals surface area contributed by atoms with Gasteiger partial charge in [-0.05, 0) is 35.7 Å². The van der Waals surface area contributed by atoms with E-state index in [0.29, 0.717) is 12.4 Å². The monoisotopic (exact) mass is 368 g/mol. The molecule has 0 saturated carbocycles. The number of sulfonamides is 1. The minimum absolute atomic E-state index is 0. The molecule has 5 nitrogen and oxygen atoms in total. The Bertz CT molecular complexity index is 809. The smallest absolute Gasteiger partial charge is 0.241 e. The Labute approximate surface area is 148 Å². The van der Waals surface area contributed by atoms with E-state index < -0.39 is 10.0 Å². The van der Waals surface area contributed by atoms with E-state index in [4.69, 9.17) is 4.74 Å². The number of fused-ring (bicyclic) bond motifs is 1. The molecule has 0 amide bonds. The number of halogens is 1. The van der Waals surface area contributed by atoms with E-state index in [9.17, 15) is 8.42 Å². The van der Waals surface area contributed by atoms with E-state index in [0.717, 1.165) is 18.7 Å². The Morgan fingerprint density at radius 3 is 2.71 bits per heavy atom. The standard InChI is InChI=1S/C17H20N2O3S.ClH/c1-2-22-16-4-3-5-17(9-16)23(20,21)19-10-13-6-7-14-11-18-12-15(14)8-13;/h3-9,18-19H,2,10-12H2,1H3;1H. The van der Waals surface area contributed by atoms with Crippen LogP contribution in [0, 0.1) is 0 Å². The second-order valence-corrected chi connectivity index (χ2v) is 7.21. The number of hydrogen-bond donors (Lipinski definition) is 2. The normalized spacial score (nSPS) is 13.2. The highest BCUT2D eigenvalue weighted by Gasteiger charge is 2.15. The predicted octanol–water partition coefficient (Wildman–Crippen LogP) is 2.59. The number of nitrogens with one attached hydrogen (secondary N) is 2. The van der Waals surface area contributed by atoms with Crippen molar-refractivity contribution < 1.29 is 13.2 Å². The Hall–Kier alpha value is -1.60. The van der Waals surface area contributed by atoms with Crippen LogP contribution < -0.4 is 14.8 Å². The highest BCUT2D eigenvalue weighted by molar-refractivity contribution is 7.89. The van der Waals surface area contributed by atoms with E-state index in [1.165, 1.54) is 11.1 Å². The molecule has 0 unspecified atom stereocenters. The molecular formula is C17H21ClN2O3S. The fourth-order valence-corrected chi connectivity index (χ4v) is 3.67. The average Bonchev–Trinajstić information content (AvgIpc) is 3.01. The molecule has 3 rings (SSSR count). The van der Waals surface area contributed by atoms with E-state index in [-0.39, 0.29) is 23.8 Å². The molecule has 0 radical (unpaired) electrons. The van der Waals surface area contributed by atoms with E-state index in [1.807, 2.05) is 13.0 Å². The molecule has 1 aliphatic heterocycles. The van der Waals surface area contributed by atoms with E-state index >= 15 is 0 Å². The molecule has 1 aliphatic rings. The van der Waals surface area contributed by atoms with Crippen LogP contribution in [0.3, 0.4) is 0 Å². The summed E-state index contributed by atoms with van der Waals surface area (Å²) in [7, 11) is -3.56. The molecule has 1 heterocycles. The fourth-order valence-electron chi connectivity index (χ4n) is 2.62. The summed E-state index contributed by atoms with van der Waals surface area (Å²) in [5.41, 5.74) is 3.47. The van der Waals surface area contributed by atoms with Crippen molar-refractivity contribution in [3.05, 3.63) is 59.2 Å². The summed E-state index contributed by atoms with van der Waals surface area (Å²) >= 11 is 0. The molecule has 0 atom stereocenters. The molecule has 0 fully saturated rings. The molecule has 0 bridgehead atoms. The van der Waals surface area contributed by atoms with Crippen molar-refractivity contribution in [2.75, 3.05) is 6.61 Å². The van der Waals surface area contributed by atoms with Gasteiger partial charge in [-0.3, -0.25) is 0 Å². The van der Waals surface area contributed by atoms with Gasteiger partial charge in [0.1, 0.15) is 5.75 Å². The lowest BCUT2D eigenvalue weighted by Crippen LogP contribution is -2.23. The third kappa shape index (κ3) is 4.27. The van der Waals surface area contributed by atoms with Gasteiger partial charge in [-0.2, -0.15) is 0 Å². The topological polar surface area (TPSA) is 67.4 Å². The van der Waals surface area contributed by atoms with Gasteiger partial charge in [-0.1, -0.05) is 24.3 Å². The molecule has 0 aromatic heterocycles. The van der Waals surface area contributed by atoms with E-state index in [2.05, 4.69) is 22.2 Å². The Balaban J connectivity index is 0.00000208. The first-order valence-electron chi connectivity index (χ1n) is 7.62. The van der Waals surface area contributed by atoms with Crippen LogP contribution in [0.4, 0.5) is 0 Å². The zero-order valence-electron chi connectivity index (χ0n) is 13.4. The predicted molar refractivity (Wildman–Crippen MR) is 95.9 cm³/mol. The third-order valence-electron chi connectivity index (χ3n) is 3.79. The van der Waals surface area contributed by atoms with Crippen molar-refractivity contribution in [1.82, 2.24) is 10.0 Å². The summed E-state index contributed by atoms with van der Waals surface area (Å²) in [5, 5.41) is 3.28. The molecule has 7 heteroatoms. The van der Waals surface area contributed by atoms with Crippen molar-refractivity contribution in [3.8, 4) is 5.75 Å². The van der Waals surface area contributed by atoms with Crippen LogP contribution in [0.15, 0.2) is 47.4 Å². The zero-order valence-corrected chi connectivity index (χ0v) is 15.0. The number of ether oxygens (including phenoxy) is 1. The molecule has 24 heavy (non-hydrogen) atoms. The van der Waals surface area contributed by atoms with Gasteiger partial charge in [-0.25, -0.2) is 13.1 Å². The largest absolute Gasteiger partial charge is 0.494 e. The summed E-state index contributed by atoms with van der Waals surface area (Å²) in [5.74, 6) is 0.555. The second kappa shape index (κ2) is 7.98. The Kier molecular flexibility index (Phi) is 6.23. The van der Waals surface area contributed by atoms with Crippen molar-refractivity contribution >= 4 is 22.4 Å². The number of benzene rings is 2. The Morgan fingerprint density at radius 1 is 1.12 bits per heavy atom. The van der Waals surface area contributed by atoms with Crippen LogP contribution in [0.1, 0.15) is 23.6 Å². The van der Waals surface area contributed by atoms with Crippen molar-refractivity contribution in [2.45, 2.75) is 31.5 Å². The molecule has 2 aromatic rings. The molecular weight excluding hydrogens is 348 g/mol. The maximum atomic E-state index is 12.4. The zero-order chi connectivity index (χ0) is 16.3. The van der Waals surface area contributed by atoms with Crippen LogP contribution in [-0.2, 0) is 29.7 Å². The molecule has 0 saturated heterocycles. The van der Waals surface area contributed by atoms with Gasteiger partial charge in [0.2, 0.25) is 10.0 Å². The number of rotatable bonds is 6. The first-order valence-corrected chi connectivity index (χ1v) is 9.11. The van der Waals surface area contributed by atoms with Crippen LogP contribution >= 0.6 is 12.4 Å². The van der Waals surface area contributed by atoms with E-state index in [1.54, 1.807) is 24.3 Å². The first-order chi connectivity index (χ1) is 11.1. The summed E-state index contributed by atoms with van der Waals surface area (Å²) in [4.78, 5) is 0.214. The fraction of sp³-hybridized carbons (Fsp3) is 0.294. The summed E-state index contributed by atoms with van der Waals surface area (Å²) in [6.45, 7) is 4.36. The maximum absolute atomic E-state index is 12.4. The minimum Gasteiger partial charge on any atom is -0.494 e. The van der Waals surface area contributed by atoms with Gasteiger partial charge in [0.25, 0.3) is 0 Å². The summed E-state index contributed by atoms with van der Waals surface area (Å²) in [6.07, 6.45) is 0. The molecule has 0 spiro atoms. The first kappa shape index (κ1) is 18.7. The lowest BCUT2D eigenvalue weighted by atomic mass is 10.1. The molecule has 130 valence electrons.